The van der Waals surface area contributed by atoms with E-state index in [4.69, 9.17) is 17.3 Å². The fourth-order valence-corrected chi connectivity index (χ4v) is 2.99. The lowest BCUT2D eigenvalue weighted by Crippen LogP contribution is -2.42. The number of nitrogens with zero attached hydrogens (tertiary/aromatic N) is 2. The van der Waals surface area contributed by atoms with Crippen molar-refractivity contribution < 1.29 is 9.18 Å². The molecular formula is C19H24ClFN4O3. The highest BCUT2D eigenvalue weighted by Crippen LogP contribution is 2.23. The molecule has 9 heteroatoms. The first-order valence-corrected chi connectivity index (χ1v) is 9.59. The molecule has 3 N–H and O–H groups in total. The van der Waals surface area contributed by atoms with Crippen LogP contribution < -0.4 is 21.9 Å². The second-order valence-electron chi connectivity index (χ2n) is 6.43. The first-order valence-electron chi connectivity index (χ1n) is 9.21. The third kappa shape index (κ3) is 4.62. The van der Waals surface area contributed by atoms with E-state index in [1.165, 1.54) is 16.7 Å². The van der Waals surface area contributed by atoms with Crippen LogP contribution in [-0.2, 0) is 6.54 Å². The van der Waals surface area contributed by atoms with Crippen LogP contribution in [-0.4, -0.2) is 22.0 Å². The van der Waals surface area contributed by atoms with Crippen LogP contribution in [0.15, 0.2) is 27.8 Å². The van der Waals surface area contributed by atoms with E-state index in [9.17, 15) is 18.8 Å². The largest absolute Gasteiger partial charge is 0.383 e. The number of carbonyl (C=O) groups excluding carboxylic acids is 1. The van der Waals surface area contributed by atoms with E-state index in [0.717, 1.165) is 23.8 Å². The molecular weight excluding hydrogens is 387 g/mol. The molecule has 1 heterocycles. The van der Waals surface area contributed by atoms with E-state index in [-0.39, 0.29) is 28.6 Å². The molecule has 2 aromatic rings. The number of hydrogen-bond acceptors (Lipinski definition) is 4. The van der Waals surface area contributed by atoms with Gasteiger partial charge in [-0.2, -0.15) is 0 Å². The number of halogens is 2. The summed E-state index contributed by atoms with van der Waals surface area (Å²) in [4.78, 5) is 41.1. The standard InChI is InChI=1S/C19H24ClFN4O3/c1-3-5-9-24(18(27)13-11-12(20)7-8-14(13)21)15-16(22)25(10-6-4-2)19(28)23-17(15)26/h7-8,11H,3-6,9-10,22H2,1-2H3,(H,23,26,28). The molecule has 7 nitrogen and oxygen atoms in total. The van der Waals surface area contributed by atoms with Crippen LogP contribution in [0.2, 0.25) is 5.02 Å². The molecule has 152 valence electrons. The first kappa shape index (κ1) is 21.7. The van der Waals surface area contributed by atoms with Crippen molar-refractivity contribution in [2.24, 2.45) is 0 Å². The van der Waals surface area contributed by atoms with Crippen molar-refractivity contribution >= 4 is 29.0 Å². The number of hydrogen-bond donors (Lipinski definition) is 2. The summed E-state index contributed by atoms with van der Waals surface area (Å²) < 4.78 is 15.5. The van der Waals surface area contributed by atoms with Crippen LogP contribution in [0, 0.1) is 5.82 Å². The molecule has 0 bridgehead atoms. The minimum Gasteiger partial charge on any atom is -0.383 e. The van der Waals surface area contributed by atoms with Gasteiger partial charge in [-0.3, -0.25) is 19.1 Å². The van der Waals surface area contributed by atoms with Gasteiger partial charge in [-0.25, -0.2) is 9.18 Å². The van der Waals surface area contributed by atoms with Gasteiger partial charge in [-0.05, 0) is 31.0 Å². The molecule has 0 aliphatic carbocycles. The van der Waals surface area contributed by atoms with Crippen molar-refractivity contribution in [3.05, 3.63) is 55.4 Å². The second kappa shape index (κ2) is 9.54. The Morgan fingerprint density at radius 3 is 2.57 bits per heavy atom. The predicted molar refractivity (Wildman–Crippen MR) is 109 cm³/mol. The van der Waals surface area contributed by atoms with Crippen LogP contribution in [0.1, 0.15) is 49.9 Å². The molecule has 0 aliphatic heterocycles. The van der Waals surface area contributed by atoms with Gasteiger partial charge in [0.15, 0.2) is 5.69 Å². The molecule has 0 spiro atoms. The Labute approximate surface area is 166 Å². The molecule has 0 aliphatic rings. The van der Waals surface area contributed by atoms with Crippen LogP contribution in [0.25, 0.3) is 0 Å². The van der Waals surface area contributed by atoms with Crippen LogP contribution in [0.3, 0.4) is 0 Å². The number of H-pyrrole nitrogens is 1. The summed E-state index contributed by atoms with van der Waals surface area (Å²) in [5.74, 6) is -1.62. The third-order valence-electron chi connectivity index (χ3n) is 4.36. The molecule has 0 fully saturated rings. The molecule has 0 atom stereocenters. The van der Waals surface area contributed by atoms with Crippen LogP contribution in [0.4, 0.5) is 15.9 Å². The zero-order valence-corrected chi connectivity index (χ0v) is 16.7. The average Bonchev–Trinajstić information content (AvgIpc) is 2.65. The van der Waals surface area contributed by atoms with E-state index in [1.807, 2.05) is 13.8 Å². The van der Waals surface area contributed by atoms with Gasteiger partial charge in [0.1, 0.15) is 11.6 Å². The van der Waals surface area contributed by atoms with Crippen LogP contribution >= 0.6 is 11.6 Å². The summed E-state index contributed by atoms with van der Waals surface area (Å²) in [7, 11) is 0. The predicted octanol–water partition coefficient (Wildman–Crippen LogP) is 3.16. The minimum absolute atomic E-state index is 0.117. The van der Waals surface area contributed by atoms with Gasteiger partial charge in [0.25, 0.3) is 11.5 Å². The summed E-state index contributed by atoms with van der Waals surface area (Å²) in [6.45, 7) is 4.30. The molecule has 0 saturated heterocycles. The average molecular weight is 411 g/mol. The van der Waals surface area contributed by atoms with Gasteiger partial charge in [0, 0.05) is 18.1 Å². The van der Waals surface area contributed by atoms with E-state index in [0.29, 0.717) is 19.4 Å². The number of aromatic amines is 1. The molecule has 0 saturated carbocycles. The molecule has 0 radical (unpaired) electrons. The zero-order chi connectivity index (χ0) is 20.8. The normalized spacial score (nSPS) is 10.9. The third-order valence-corrected chi connectivity index (χ3v) is 4.59. The lowest BCUT2D eigenvalue weighted by Gasteiger charge is -2.24. The number of amides is 1. The molecule has 28 heavy (non-hydrogen) atoms. The fourth-order valence-electron chi connectivity index (χ4n) is 2.81. The highest BCUT2D eigenvalue weighted by atomic mass is 35.5. The van der Waals surface area contributed by atoms with Crippen molar-refractivity contribution in [3.63, 3.8) is 0 Å². The monoisotopic (exact) mass is 410 g/mol. The van der Waals surface area contributed by atoms with E-state index >= 15 is 0 Å². The maximum atomic E-state index is 14.3. The van der Waals surface area contributed by atoms with Gasteiger partial charge < -0.3 is 10.6 Å². The fraction of sp³-hybridized carbons (Fsp3) is 0.421. The number of anilines is 2. The number of unbranched alkanes of at least 4 members (excludes halogenated alkanes) is 2. The maximum absolute atomic E-state index is 14.3. The Balaban J connectivity index is 2.63. The summed E-state index contributed by atoms with van der Waals surface area (Å²) in [5.41, 5.74) is 4.25. The number of aromatic nitrogens is 2. The Bertz CT molecular complexity index is 971. The highest BCUT2D eigenvalue weighted by molar-refractivity contribution is 6.31. The SMILES string of the molecule is CCCCN(C(=O)c1cc(Cl)ccc1F)c1c(N)n(CCCC)c(=O)[nH]c1=O. The number of carbonyl (C=O) groups is 1. The Morgan fingerprint density at radius 1 is 1.25 bits per heavy atom. The van der Waals surface area contributed by atoms with Crippen molar-refractivity contribution in [2.75, 3.05) is 17.2 Å². The zero-order valence-electron chi connectivity index (χ0n) is 15.9. The smallest absolute Gasteiger partial charge is 0.330 e. The number of nitrogen functional groups attached to an aromatic ring is 1. The molecule has 1 aromatic heterocycles. The number of nitrogens with two attached hydrogens (primary N) is 1. The quantitative estimate of drug-likeness (QED) is 0.697. The number of benzene rings is 1. The molecule has 0 unspecified atom stereocenters. The van der Waals surface area contributed by atoms with Gasteiger partial charge in [-0.1, -0.05) is 38.3 Å². The second-order valence-corrected chi connectivity index (χ2v) is 6.87. The summed E-state index contributed by atoms with van der Waals surface area (Å²) >= 11 is 5.91. The maximum Gasteiger partial charge on any atom is 0.330 e. The Morgan fingerprint density at radius 2 is 1.93 bits per heavy atom. The van der Waals surface area contributed by atoms with Crippen molar-refractivity contribution in [2.45, 2.75) is 46.1 Å². The topological polar surface area (TPSA) is 101 Å². The van der Waals surface area contributed by atoms with Crippen molar-refractivity contribution in [1.29, 1.82) is 0 Å². The number of nitrogens with one attached hydrogen (secondary N) is 1. The highest BCUT2D eigenvalue weighted by Gasteiger charge is 2.26. The first-order chi connectivity index (χ1) is 13.3. The van der Waals surface area contributed by atoms with Crippen LogP contribution in [0.5, 0.6) is 0 Å². The lowest BCUT2D eigenvalue weighted by atomic mass is 10.1. The number of rotatable bonds is 8. The van der Waals surface area contributed by atoms with Gasteiger partial charge in [-0.15, -0.1) is 0 Å². The van der Waals surface area contributed by atoms with Gasteiger partial charge >= 0.3 is 5.69 Å². The minimum atomic E-state index is -0.790. The lowest BCUT2D eigenvalue weighted by molar-refractivity contribution is 0.0982. The van der Waals surface area contributed by atoms with E-state index in [1.54, 1.807) is 0 Å². The Kier molecular flexibility index (Phi) is 7.39. The van der Waals surface area contributed by atoms with Crippen molar-refractivity contribution in [3.8, 4) is 0 Å². The van der Waals surface area contributed by atoms with Gasteiger partial charge in [0.05, 0.1) is 5.56 Å². The van der Waals surface area contributed by atoms with E-state index in [2.05, 4.69) is 4.98 Å². The van der Waals surface area contributed by atoms with Gasteiger partial charge in [0.2, 0.25) is 0 Å². The summed E-state index contributed by atoms with van der Waals surface area (Å²) in [5, 5.41) is 0.190. The molecule has 2 rings (SSSR count). The van der Waals surface area contributed by atoms with E-state index < -0.39 is 23.0 Å². The van der Waals surface area contributed by atoms with Crippen molar-refractivity contribution in [1.82, 2.24) is 9.55 Å². The molecule has 1 amide bonds. The molecule has 1 aromatic carbocycles. The summed E-state index contributed by atoms with van der Waals surface area (Å²) in [6.07, 6.45) is 2.77. The Hall–Kier alpha value is -2.61. The summed E-state index contributed by atoms with van der Waals surface area (Å²) in [6, 6.07) is 3.62.